The average molecular weight is 348 g/mol. The maximum Gasteiger partial charge on any atom is 0.317 e. The van der Waals surface area contributed by atoms with Crippen LogP contribution >= 0.6 is 12.2 Å². The molecule has 0 aliphatic carbocycles. The zero-order valence-corrected chi connectivity index (χ0v) is 14.4. The van der Waals surface area contributed by atoms with Gasteiger partial charge in [0.1, 0.15) is 12.5 Å². The summed E-state index contributed by atoms with van der Waals surface area (Å²) in [5.41, 5.74) is 1.29. The molecular weight excluding hydrogens is 328 g/mol. The Kier molecular flexibility index (Phi) is 5.81. The van der Waals surface area contributed by atoms with Gasteiger partial charge in [-0.3, -0.25) is 4.79 Å². The predicted molar refractivity (Wildman–Crippen MR) is 94.9 cm³/mol. The molecule has 1 aliphatic rings. The molecule has 0 saturated carbocycles. The third kappa shape index (κ3) is 3.68. The van der Waals surface area contributed by atoms with Crippen LogP contribution in [0, 0.1) is 5.92 Å². The Labute approximate surface area is 146 Å². The molecule has 0 bridgehead atoms. The van der Waals surface area contributed by atoms with Crippen molar-refractivity contribution < 1.29 is 19.0 Å². The Balaban J connectivity index is 2.39. The number of carbonyl (C=O) groups excluding carboxylic acids is 1. The number of methoxy groups -OCH3 is 2. The zero-order valence-electron chi connectivity index (χ0n) is 13.6. The van der Waals surface area contributed by atoms with Crippen molar-refractivity contribution in [1.29, 1.82) is 0 Å². The van der Waals surface area contributed by atoms with Crippen molar-refractivity contribution in [1.82, 2.24) is 10.6 Å². The van der Waals surface area contributed by atoms with Crippen LogP contribution in [0.4, 0.5) is 0 Å². The lowest BCUT2D eigenvalue weighted by Gasteiger charge is -2.34. The summed E-state index contributed by atoms with van der Waals surface area (Å²) < 4.78 is 15.8. The van der Waals surface area contributed by atoms with E-state index >= 15 is 0 Å². The third-order valence-corrected chi connectivity index (χ3v) is 3.85. The highest BCUT2D eigenvalue weighted by Crippen LogP contribution is 2.35. The van der Waals surface area contributed by atoms with Crippen molar-refractivity contribution in [2.24, 2.45) is 5.92 Å². The Morgan fingerprint density at radius 2 is 2.12 bits per heavy atom. The molecule has 0 spiro atoms. The molecule has 0 aromatic heterocycles. The summed E-state index contributed by atoms with van der Waals surface area (Å²) >= 11 is 5.18. The second kappa shape index (κ2) is 7.83. The smallest absolute Gasteiger partial charge is 0.317 e. The number of hydrogen-bond donors (Lipinski definition) is 2. The maximum absolute atomic E-state index is 12.2. The lowest BCUT2D eigenvalue weighted by atomic mass is 9.89. The van der Waals surface area contributed by atoms with E-state index in [4.69, 9.17) is 26.4 Å². The first kappa shape index (κ1) is 17.8. The first-order chi connectivity index (χ1) is 11.5. The van der Waals surface area contributed by atoms with E-state index in [1.54, 1.807) is 25.3 Å². The maximum atomic E-state index is 12.2. The van der Waals surface area contributed by atoms with Crippen molar-refractivity contribution in [3.05, 3.63) is 48.7 Å². The number of esters is 1. The van der Waals surface area contributed by atoms with Crippen LogP contribution in [0.5, 0.6) is 11.5 Å². The standard InChI is InChI=1S/C17H20N2O4S/c1-5-8-23-12-7-6-11(9-13(12)21-3)15-14(16(20)22-4)10(2)18-17(24)19-15/h5-7,9,14-15H,1-2,8H2,3-4H3,(H2,18,19,24)/t14-,15-/m1/s1. The number of nitrogens with one attached hydrogen (secondary N) is 2. The van der Waals surface area contributed by atoms with Crippen molar-refractivity contribution >= 4 is 23.3 Å². The van der Waals surface area contributed by atoms with Gasteiger partial charge in [0.25, 0.3) is 0 Å². The van der Waals surface area contributed by atoms with Gasteiger partial charge < -0.3 is 24.8 Å². The van der Waals surface area contributed by atoms with E-state index in [0.29, 0.717) is 28.9 Å². The molecular formula is C17H20N2O4S. The summed E-state index contributed by atoms with van der Waals surface area (Å²) in [7, 11) is 2.89. The van der Waals surface area contributed by atoms with Gasteiger partial charge in [-0.15, -0.1) is 0 Å². The quantitative estimate of drug-likeness (QED) is 0.463. The second-order valence-electron chi connectivity index (χ2n) is 5.11. The van der Waals surface area contributed by atoms with Crippen molar-refractivity contribution in [3.8, 4) is 11.5 Å². The predicted octanol–water partition coefficient (Wildman–Crippen LogP) is 2.08. The zero-order chi connectivity index (χ0) is 17.7. The van der Waals surface area contributed by atoms with Crippen LogP contribution in [-0.2, 0) is 9.53 Å². The van der Waals surface area contributed by atoms with Crippen molar-refractivity contribution in [2.45, 2.75) is 6.04 Å². The molecule has 1 aromatic rings. The number of benzene rings is 1. The lowest BCUT2D eigenvalue weighted by molar-refractivity contribution is -0.145. The van der Waals surface area contributed by atoms with Gasteiger partial charge in [0.05, 0.1) is 20.3 Å². The van der Waals surface area contributed by atoms with Crippen LogP contribution in [0.2, 0.25) is 0 Å². The van der Waals surface area contributed by atoms with E-state index in [2.05, 4.69) is 23.8 Å². The van der Waals surface area contributed by atoms with E-state index in [0.717, 1.165) is 5.56 Å². The van der Waals surface area contributed by atoms with Gasteiger partial charge >= 0.3 is 5.97 Å². The van der Waals surface area contributed by atoms with Gasteiger partial charge in [0, 0.05) is 5.70 Å². The van der Waals surface area contributed by atoms with Crippen LogP contribution in [0.3, 0.4) is 0 Å². The number of ether oxygens (including phenoxy) is 3. The Morgan fingerprint density at radius 1 is 1.38 bits per heavy atom. The minimum absolute atomic E-state index is 0.368. The highest BCUT2D eigenvalue weighted by atomic mass is 32.1. The minimum Gasteiger partial charge on any atom is -0.493 e. The number of thiocarbonyl (C=S) groups is 1. The first-order valence-electron chi connectivity index (χ1n) is 7.27. The molecule has 0 unspecified atom stereocenters. The normalized spacial score (nSPS) is 19.8. The van der Waals surface area contributed by atoms with Crippen LogP contribution < -0.4 is 20.1 Å². The lowest BCUT2D eigenvalue weighted by Crippen LogP contribution is -2.50. The van der Waals surface area contributed by atoms with Gasteiger partial charge in [0.15, 0.2) is 16.6 Å². The molecule has 1 fully saturated rings. The van der Waals surface area contributed by atoms with Crippen LogP contribution in [0.1, 0.15) is 11.6 Å². The minimum atomic E-state index is -0.619. The van der Waals surface area contributed by atoms with E-state index in [-0.39, 0.29) is 0 Å². The SMILES string of the molecule is C=CCOc1ccc([C@H]2NC(=S)NC(=C)[C@H]2C(=O)OC)cc1OC. The van der Waals surface area contributed by atoms with Gasteiger partial charge in [-0.25, -0.2) is 0 Å². The molecule has 128 valence electrons. The van der Waals surface area contributed by atoms with Gasteiger partial charge in [-0.2, -0.15) is 0 Å². The number of rotatable bonds is 6. The van der Waals surface area contributed by atoms with Crippen LogP contribution in [-0.4, -0.2) is 31.9 Å². The summed E-state index contributed by atoms with van der Waals surface area (Å²) in [5, 5.41) is 6.36. The molecule has 1 aromatic carbocycles. The highest BCUT2D eigenvalue weighted by molar-refractivity contribution is 7.80. The Bertz CT molecular complexity index is 675. The van der Waals surface area contributed by atoms with Crippen molar-refractivity contribution in [3.63, 3.8) is 0 Å². The topological polar surface area (TPSA) is 68.8 Å². The molecule has 24 heavy (non-hydrogen) atoms. The molecule has 0 amide bonds. The molecule has 2 atom stereocenters. The molecule has 1 aliphatic heterocycles. The summed E-state index contributed by atoms with van der Waals surface area (Å²) in [6.45, 7) is 7.87. The molecule has 1 heterocycles. The first-order valence-corrected chi connectivity index (χ1v) is 7.68. The molecule has 1 saturated heterocycles. The summed E-state index contributed by atoms with van der Waals surface area (Å²) in [6.07, 6.45) is 1.65. The molecule has 6 nitrogen and oxygen atoms in total. The van der Waals surface area contributed by atoms with E-state index in [1.165, 1.54) is 7.11 Å². The van der Waals surface area contributed by atoms with Gasteiger partial charge in [-0.1, -0.05) is 25.3 Å². The fraction of sp³-hybridized carbons (Fsp3) is 0.294. The molecule has 2 N–H and O–H groups in total. The molecule has 0 radical (unpaired) electrons. The molecule has 2 rings (SSSR count). The van der Waals surface area contributed by atoms with E-state index < -0.39 is 17.9 Å². The summed E-state index contributed by atoms with van der Waals surface area (Å²) in [4.78, 5) is 12.2. The van der Waals surface area contributed by atoms with Gasteiger partial charge in [-0.05, 0) is 29.9 Å². The van der Waals surface area contributed by atoms with Crippen LogP contribution in [0.15, 0.2) is 43.1 Å². The van der Waals surface area contributed by atoms with Gasteiger partial charge in [0.2, 0.25) is 0 Å². The largest absolute Gasteiger partial charge is 0.493 e. The third-order valence-electron chi connectivity index (χ3n) is 3.63. The van der Waals surface area contributed by atoms with Crippen molar-refractivity contribution in [2.75, 3.05) is 20.8 Å². The fourth-order valence-electron chi connectivity index (χ4n) is 2.51. The second-order valence-corrected chi connectivity index (χ2v) is 5.52. The van der Waals surface area contributed by atoms with E-state index in [9.17, 15) is 4.79 Å². The van der Waals surface area contributed by atoms with Crippen LogP contribution in [0.25, 0.3) is 0 Å². The molecule has 7 heteroatoms. The highest BCUT2D eigenvalue weighted by Gasteiger charge is 2.37. The number of carbonyl (C=O) groups is 1. The average Bonchev–Trinajstić information content (AvgIpc) is 2.58. The fourth-order valence-corrected chi connectivity index (χ4v) is 2.77. The summed E-state index contributed by atoms with van der Waals surface area (Å²) in [6, 6.07) is 5.01. The Morgan fingerprint density at radius 3 is 2.75 bits per heavy atom. The van der Waals surface area contributed by atoms with E-state index in [1.807, 2.05) is 6.07 Å². The monoisotopic (exact) mass is 348 g/mol. The Hall–Kier alpha value is -2.54. The summed E-state index contributed by atoms with van der Waals surface area (Å²) in [5.74, 6) is 0.116. The number of hydrogen-bond acceptors (Lipinski definition) is 5.